The molecule has 3 aliphatic rings. The van der Waals surface area contributed by atoms with Gasteiger partial charge in [-0.15, -0.1) is 11.3 Å². The van der Waals surface area contributed by atoms with Crippen LogP contribution >= 0.6 is 46.8 Å². The van der Waals surface area contributed by atoms with Gasteiger partial charge in [0.15, 0.2) is 22.9 Å². The van der Waals surface area contributed by atoms with Crippen molar-refractivity contribution >= 4 is 58.0 Å². The normalized spacial score (nSPS) is 20.5. The van der Waals surface area contributed by atoms with Crippen LogP contribution in [0.15, 0.2) is 42.7 Å². The van der Waals surface area contributed by atoms with Crippen LogP contribution in [0.5, 0.6) is 11.5 Å². The highest BCUT2D eigenvalue weighted by molar-refractivity contribution is 7.80. The van der Waals surface area contributed by atoms with Gasteiger partial charge in [-0.25, -0.2) is 9.69 Å². The zero-order valence-electron chi connectivity index (χ0n) is 24.3. The molecule has 0 saturated carbocycles. The van der Waals surface area contributed by atoms with E-state index in [1.807, 2.05) is 6.07 Å². The number of benzene rings is 1. The highest BCUT2D eigenvalue weighted by Crippen LogP contribution is 2.38. The Hall–Kier alpha value is -2.71. The Labute approximate surface area is 275 Å². The minimum absolute atomic E-state index is 0.0809. The smallest absolute Gasteiger partial charge is 0.416 e. The molecule has 14 heteroatoms. The third-order valence-electron chi connectivity index (χ3n) is 7.99. The Kier molecular flexibility index (Phi) is 10.8. The van der Waals surface area contributed by atoms with E-state index in [0.717, 1.165) is 37.4 Å². The van der Waals surface area contributed by atoms with E-state index in [0.29, 0.717) is 43.5 Å². The van der Waals surface area contributed by atoms with Gasteiger partial charge in [0, 0.05) is 30.2 Å². The minimum atomic E-state index is -1.32. The maximum absolute atomic E-state index is 13.1. The van der Waals surface area contributed by atoms with Crippen molar-refractivity contribution in [3.63, 3.8) is 0 Å². The molecule has 1 aromatic carbocycles. The zero-order chi connectivity index (χ0) is 31.4. The van der Waals surface area contributed by atoms with Crippen LogP contribution in [0.25, 0.3) is 0 Å². The average Bonchev–Trinajstić information content (AvgIpc) is 3.50. The number of thiocarbonyl (C=S) groups is 1. The summed E-state index contributed by atoms with van der Waals surface area (Å²) in [5, 5.41) is 11.9. The number of piperidine rings is 3. The largest absolute Gasteiger partial charge is 0.493 e. The first kappa shape index (κ1) is 32.7. The highest BCUT2D eigenvalue weighted by atomic mass is 35.5. The summed E-state index contributed by atoms with van der Waals surface area (Å²) in [6.07, 6.45) is 2.54. The molecule has 236 valence electrons. The van der Waals surface area contributed by atoms with Gasteiger partial charge in [-0.1, -0.05) is 29.3 Å². The van der Waals surface area contributed by atoms with Crippen LogP contribution in [0.2, 0.25) is 10.0 Å². The zero-order valence-corrected chi connectivity index (χ0v) is 27.4. The van der Waals surface area contributed by atoms with Gasteiger partial charge in [-0.05, 0) is 79.5 Å². The van der Waals surface area contributed by atoms with Crippen LogP contribution < -0.4 is 15.2 Å². The lowest BCUT2D eigenvalue weighted by Gasteiger charge is -2.44. The van der Waals surface area contributed by atoms with Crippen LogP contribution in [0.1, 0.15) is 46.1 Å². The number of halogens is 2. The van der Waals surface area contributed by atoms with Crippen LogP contribution in [0, 0.1) is 5.92 Å². The molecule has 0 spiro atoms. The summed E-state index contributed by atoms with van der Waals surface area (Å²) < 4.78 is 22.9. The number of pyridine rings is 1. The molecule has 3 fully saturated rings. The predicted octanol–water partition coefficient (Wildman–Crippen LogP) is 5.74. The highest BCUT2D eigenvalue weighted by Gasteiger charge is 2.37. The van der Waals surface area contributed by atoms with Gasteiger partial charge in [-0.2, -0.15) is 0 Å². The third-order valence-corrected chi connectivity index (χ3v) is 9.96. The molecule has 2 bridgehead atoms. The van der Waals surface area contributed by atoms with Gasteiger partial charge >= 0.3 is 6.09 Å². The summed E-state index contributed by atoms with van der Waals surface area (Å²) in [7, 11) is 3.09. The number of nitrogens with two attached hydrogens (primary N) is 1. The molecule has 3 saturated heterocycles. The van der Waals surface area contributed by atoms with Gasteiger partial charge in [0.1, 0.15) is 6.10 Å². The number of carbonyl (C=O) groups excluding carboxylic acids is 1. The number of fused-ring (bicyclic) bond motifs is 3. The van der Waals surface area contributed by atoms with Gasteiger partial charge in [-0.3, -0.25) is 9.88 Å². The molecular weight excluding hydrogens is 647 g/mol. The molecule has 1 unspecified atom stereocenters. The van der Waals surface area contributed by atoms with Crippen molar-refractivity contribution < 1.29 is 28.8 Å². The second kappa shape index (κ2) is 14.6. The van der Waals surface area contributed by atoms with E-state index >= 15 is 0 Å². The number of aliphatic hydroxyl groups excluding tert-OH is 1. The van der Waals surface area contributed by atoms with Crippen molar-refractivity contribution in [3.8, 4) is 11.5 Å². The number of ether oxygens (including phenoxy) is 4. The monoisotopic (exact) mass is 680 g/mol. The van der Waals surface area contributed by atoms with Crippen LogP contribution in [0.3, 0.4) is 0 Å². The molecule has 3 N–H and O–H groups in total. The molecule has 44 heavy (non-hydrogen) atoms. The lowest BCUT2D eigenvalue weighted by Crippen LogP contribution is -2.53. The molecule has 5 heterocycles. The molecule has 0 radical (unpaired) electrons. The van der Waals surface area contributed by atoms with E-state index in [1.165, 1.54) is 28.6 Å². The van der Waals surface area contributed by atoms with E-state index in [4.69, 9.17) is 60.1 Å². The third kappa shape index (κ3) is 7.56. The quantitative estimate of drug-likeness (QED) is 0.192. The fourth-order valence-corrected chi connectivity index (χ4v) is 7.16. The fourth-order valence-electron chi connectivity index (χ4n) is 5.58. The lowest BCUT2D eigenvalue weighted by molar-refractivity contribution is -0.139. The predicted molar refractivity (Wildman–Crippen MR) is 172 cm³/mol. The number of carbonyl (C=O) groups is 1. The summed E-state index contributed by atoms with van der Waals surface area (Å²) in [5.74, 6) is 1.41. The Morgan fingerprint density at radius 1 is 1.16 bits per heavy atom. The summed E-state index contributed by atoms with van der Waals surface area (Å²) in [6, 6.07) is 8.89. The number of aliphatic hydroxyl groups is 1. The molecule has 10 nitrogen and oxygen atoms in total. The van der Waals surface area contributed by atoms with Crippen molar-refractivity contribution in [1.82, 2.24) is 14.8 Å². The first-order valence-electron chi connectivity index (χ1n) is 14.1. The van der Waals surface area contributed by atoms with Crippen LogP contribution in [0.4, 0.5) is 4.79 Å². The first-order chi connectivity index (χ1) is 21.2. The van der Waals surface area contributed by atoms with E-state index in [9.17, 15) is 9.90 Å². The number of nitrogens with zero attached hydrogens (tertiary/aromatic N) is 3. The van der Waals surface area contributed by atoms with Crippen molar-refractivity contribution in [2.45, 2.75) is 44.3 Å². The SMILES string of the molecule is COc1ccc([C@H](Cc2c(Cl)cncc2Cl)OC(O)c2ccc(CN(C(=O)O[C@H]3CN4CCC3CC4)C(N)=S)s2)cc1OC. The molecule has 0 aliphatic carbocycles. The van der Waals surface area contributed by atoms with Gasteiger partial charge < -0.3 is 29.8 Å². The number of rotatable bonds is 11. The van der Waals surface area contributed by atoms with E-state index < -0.39 is 18.5 Å². The number of methoxy groups -OCH3 is 2. The molecule has 3 atom stereocenters. The number of hydrogen-bond acceptors (Lipinski definition) is 10. The average molecular weight is 682 g/mol. The van der Waals surface area contributed by atoms with Crippen molar-refractivity contribution in [3.05, 3.63) is 73.7 Å². The first-order valence-corrected chi connectivity index (χ1v) is 16.1. The van der Waals surface area contributed by atoms with Crippen LogP contribution in [-0.4, -0.2) is 71.1 Å². The summed E-state index contributed by atoms with van der Waals surface area (Å²) in [6.45, 7) is 2.91. The van der Waals surface area contributed by atoms with Gasteiger partial charge in [0.2, 0.25) is 0 Å². The molecule has 3 aliphatic heterocycles. The second-order valence-electron chi connectivity index (χ2n) is 10.7. The Morgan fingerprint density at radius 2 is 1.86 bits per heavy atom. The minimum Gasteiger partial charge on any atom is -0.493 e. The molecular formula is C30H34Cl2N4O6S2. The standard InChI is InChI=1S/C30H34Cl2N4O6S2/c1-39-23-5-3-18(11-25(23)40-2)24(12-20-21(31)13-34-14-22(20)32)41-28(37)27-6-4-19(44-27)15-36(29(33)43)30(38)42-26-16-35-9-7-17(26)8-10-35/h3-6,11,13-14,17,24,26,28,37H,7-10,12,15-16H2,1-2H3,(H2,33,43)/t24-,26-,28?/m0/s1. The number of aromatic nitrogens is 1. The van der Waals surface area contributed by atoms with E-state index in [1.54, 1.807) is 38.5 Å². The Morgan fingerprint density at radius 3 is 2.48 bits per heavy atom. The number of thiophene rings is 1. The van der Waals surface area contributed by atoms with Crippen molar-refractivity contribution in [2.75, 3.05) is 33.9 Å². The topological polar surface area (TPSA) is 120 Å². The molecule has 6 rings (SSSR count). The van der Waals surface area contributed by atoms with Crippen LogP contribution in [-0.2, 0) is 22.4 Å². The maximum atomic E-state index is 13.1. The lowest BCUT2D eigenvalue weighted by atomic mass is 9.86. The molecule has 3 aromatic rings. The molecule has 2 aromatic heterocycles. The van der Waals surface area contributed by atoms with Crippen molar-refractivity contribution in [1.29, 1.82) is 0 Å². The van der Waals surface area contributed by atoms with Crippen molar-refractivity contribution in [2.24, 2.45) is 11.7 Å². The Bertz CT molecular complexity index is 1470. The number of amides is 1. The second-order valence-corrected chi connectivity index (χ2v) is 13.1. The molecule has 1 amide bonds. The Balaban J connectivity index is 1.31. The maximum Gasteiger partial charge on any atom is 0.416 e. The summed E-state index contributed by atoms with van der Waals surface area (Å²) in [4.78, 5) is 21.9. The van der Waals surface area contributed by atoms with Gasteiger partial charge in [0.05, 0.1) is 41.8 Å². The van der Waals surface area contributed by atoms with Gasteiger partial charge in [0.25, 0.3) is 0 Å². The van der Waals surface area contributed by atoms with E-state index in [-0.39, 0.29) is 24.2 Å². The fraction of sp³-hybridized carbons (Fsp3) is 0.433. The number of hydrogen-bond donors (Lipinski definition) is 2. The summed E-state index contributed by atoms with van der Waals surface area (Å²) in [5.41, 5.74) is 7.26. The van der Waals surface area contributed by atoms with E-state index in [2.05, 4.69) is 9.88 Å². The summed E-state index contributed by atoms with van der Waals surface area (Å²) >= 11 is 19.3.